The van der Waals surface area contributed by atoms with Gasteiger partial charge in [-0.05, 0) is 57.8 Å². The van der Waals surface area contributed by atoms with Crippen LogP contribution in [0.5, 0.6) is 0 Å². The zero-order chi connectivity index (χ0) is 21.5. The third-order valence-corrected chi connectivity index (χ3v) is 8.04. The van der Waals surface area contributed by atoms with Crippen molar-refractivity contribution in [2.45, 2.75) is 88.6 Å². The standard InChI is InChI=1S/C24H33N7O/c32-15-30-12-4-10-20(30)21-11-5-13-31(21)24-25-18-9-3-8-17(18)23(27-24)26-22-14-19(28-29-22)16-6-1-2-7-16/h14-16,20-21H,1-13H2,(H2,25,26,27,28,29). The summed E-state index contributed by atoms with van der Waals surface area (Å²) in [7, 11) is 0. The molecule has 0 aromatic carbocycles. The van der Waals surface area contributed by atoms with Crippen molar-refractivity contribution in [3.8, 4) is 0 Å². The molecular weight excluding hydrogens is 402 g/mol. The highest BCUT2D eigenvalue weighted by Gasteiger charge is 2.39. The number of carbonyl (C=O) groups excluding carboxylic acids is 1. The van der Waals surface area contributed by atoms with E-state index in [-0.39, 0.29) is 6.04 Å². The van der Waals surface area contributed by atoms with Gasteiger partial charge in [-0.25, -0.2) is 4.98 Å². The zero-order valence-electron chi connectivity index (χ0n) is 18.7. The van der Waals surface area contributed by atoms with Gasteiger partial charge in [0, 0.05) is 36.3 Å². The van der Waals surface area contributed by atoms with Crippen LogP contribution in [0.2, 0.25) is 0 Å². The molecule has 4 aliphatic rings. The van der Waals surface area contributed by atoms with E-state index >= 15 is 0 Å². The molecule has 1 amide bonds. The Morgan fingerprint density at radius 2 is 1.81 bits per heavy atom. The number of carbonyl (C=O) groups is 1. The predicted molar refractivity (Wildman–Crippen MR) is 123 cm³/mol. The molecule has 8 nitrogen and oxygen atoms in total. The average molecular weight is 436 g/mol. The lowest BCUT2D eigenvalue weighted by Gasteiger charge is -2.33. The minimum atomic E-state index is 0.281. The van der Waals surface area contributed by atoms with E-state index in [1.54, 1.807) is 0 Å². The smallest absolute Gasteiger partial charge is 0.227 e. The molecule has 2 aliphatic carbocycles. The van der Waals surface area contributed by atoms with Gasteiger partial charge in [0.05, 0.1) is 17.8 Å². The van der Waals surface area contributed by atoms with Gasteiger partial charge >= 0.3 is 0 Å². The SMILES string of the molecule is O=CN1CCCC1C1CCCN1c1nc2c(c(Nc3cc(C4CCCC4)[nH]n3)n1)CCC2. The number of anilines is 3. The van der Waals surface area contributed by atoms with Crippen LogP contribution in [0.1, 0.15) is 80.7 Å². The molecule has 0 radical (unpaired) electrons. The predicted octanol–water partition coefficient (Wildman–Crippen LogP) is 3.68. The number of H-pyrrole nitrogens is 1. The van der Waals surface area contributed by atoms with Gasteiger partial charge in [-0.2, -0.15) is 10.1 Å². The molecule has 2 atom stereocenters. The zero-order valence-corrected chi connectivity index (χ0v) is 18.7. The van der Waals surface area contributed by atoms with E-state index in [2.05, 4.69) is 26.5 Å². The summed E-state index contributed by atoms with van der Waals surface area (Å²) in [5, 5.41) is 11.3. The number of hydrogen-bond acceptors (Lipinski definition) is 6. The van der Waals surface area contributed by atoms with Crippen molar-refractivity contribution in [1.29, 1.82) is 0 Å². The van der Waals surface area contributed by atoms with Crippen molar-refractivity contribution in [3.05, 3.63) is 23.0 Å². The van der Waals surface area contributed by atoms with Gasteiger partial charge in [-0.15, -0.1) is 0 Å². The normalized spacial score (nSPS) is 25.6. The summed E-state index contributed by atoms with van der Waals surface area (Å²) in [4.78, 5) is 26.0. The molecule has 1 saturated carbocycles. The molecule has 6 rings (SSSR count). The van der Waals surface area contributed by atoms with Crippen LogP contribution < -0.4 is 10.2 Å². The highest BCUT2D eigenvalue weighted by molar-refractivity contribution is 5.61. The first-order valence-electron chi connectivity index (χ1n) is 12.5. The molecule has 3 fully saturated rings. The fourth-order valence-corrected chi connectivity index (χ4v) is 6.42. The van der Waals surface area contributed by atoms with Gasteiger partial charge in [0.2, 0.25) is 12.4 Å². The summed E-state index contributed by atoms with van der Waals surface area (Å²) < 4.78 is 0. The number of nitrogens with zero attached hydrogens (tertiary/aromatic N) is 5. The van der Waals surface area contributed by atoms with Gasteiger partial charge in [0.25, 0.3) is 0 Å². The van der Waals surface area contributed by atoms with Crippen LogP contribution in [-0.2, 0) is 17.6 Å². The number of amides is 1. The summed E-state index contributed by atoms with van der Waals surface area (Å²) in [6.45, 7) is 1.83. The number of aryl methyl sites for hydroxylation is 1. The molecule has 2 unspecified atom stereocenters. The maximum atomic E-state index is 11.6. The minimum absolute atomic E-state index is 0.281. The third-order valence-electron chi connectivity index (χ3n) is 8.04. The van der Waals surface area contributed by atoms with Crippen molar-refractivity contribution in [2.75, 3.05) is 23.3 Å². The van der Waals surface area contributed by atoms with E-state index in [4.69, 9.17) is 9.97 Å². The maximum absolute atomic E-state index is 11.6. The van der Waals surface area contributed by atoms with Gasteiger partial charge in [-0.3, -0.25) is 9.89 Å². The van der Waals surface area contributed by atoms with E-state index in [0.29, 0.717) is 12.0 Å². The number of fused-ring (bicyclic) bond motifs is 1. The lowest BCUT2D eigenvalue weighted by Crippen LogP contribution is -2.46. The molecule has 170 valence electrons. The van der Waals surface area contributed by atoms with Crippen molar-refractivity contribution < 1.29 is 4.79 Å². The molecule has 2 saturated heterocycles. The second-order valence-electron chi connectivity index (χ2n) is 9.92. The van der Waals surface area contributed by atoms with Crippen LogP contribution in [0.25, 0.3) is 0 Å². The lowest BCUT2D eigenvalue weighted by molar-refractivity contribution is -0.119. The number of rotatable bonds is 6. The molecule has 8 heteroatoms. The second kappa shape index (κ2) is 8.37. The Balaban J connectivity index is 1.28. The first kappa shape index (κ1) is 20.0. The van der Waals surface area contributed by atoms with Crippen LogP contribution in [0.3, 0.4) is 0 Å². The van der Waals surface area contributed by atoms with Crippen LogP contribution in [0, 0.1) is 0 Å². The first-order chi connectivity index (χ1) is 15.8. The molecule has 0 bridgehead atoms. The number of aromatic amines is 1. The van der Waals surface area contributed by atoms with Crippen molar-refractivity contribution in [1.82, 2.24) is 25.1 Å². The van der Waals surface area contributed by atoms with E-state index in [0.717, 1.165) is 82.0 Å². The van der Waals surface area contributed by atoms with Crippen LogP contribution in [0.15, 0.2) is 6.07 Å². The van der Waals surface area contributed by atoms with Gasteiger partial charge in [-0.1, -0.05) is 12.8 Å². The maximum Gasteiger partial charge on any atom is 0.227 e. The van der Waals surface area contributed by atoms with E-state index in [1.807, 2.05) is 4.90 Å². The monoisotopic (exact) mass is 435 g/mol. The highest BCUT2D eigenvalue weighted by atomic mass is 16.1. The number of nitrogens with one attached hydrogen (secondary N) is 2. The summed E-state index contributed by atoms with van der Waals surface area (Å²) >= 11 is 0. The van der Waals surface area contributed by atoms with Gasteiger partial charge in [0.1, 0.15) is 5.82 Å². The quantitative estimate of drug-likeness (QED) is 0.673. The molecule has 32 heavy (non-hydrogen) atoms. The Hall–Kier alpha value is -2.64. The Morgan fingerprint density at radius 3 is 2.69 bits per heavy atom. The van der Waals surface area contributed by atoms with E-state index in [1.165, 1.54) is 42.6 Å². The largest absolute Gasteiger partial charge is 0.340 e. The Bertz CT molecular complexity index is 983. The fraction of sp³-hybridized carbons (Fsp3) is 0.667. The van der Waals surface area contributed by atoms with Crippen molar-refractivity contribution in [2.24, 2.45) is 0 Å². The molecule has 2 aliphatic heterocycles. The van der Waals surface area contributed by atoms with Gasteiger partial charge < -0.3 is 15.1 Å². The molecule has 0 spiro atoms. The average Bonchev–Trinajstić information content (AvgIpc) is 3.62. The summed E-state index contributed by atoms with van der Waals surface area (Å²) in [5.74, 6) is 3.20. The molecule has 4 heterocycles. The number of aromatic nitrogens is 4. The Labute approximate surface area is 189 Å². The van der Waals surface area contributed by atoms with Crippen LogP contribution >= 0.6 is 0 Å². The van der Waals surface area contributed by atoms with Crippen LogP contribution in [-0.4, -0.2) is 56.6 Å². The molecular formula is C24H33N7O. The molecule has 2 aromatic heterocycles. The first-order valence-corrected chi connectivity index (χ1v) is 12.5. The van der Waals surface area contributed by atoms with E-state index < -0.39 is 0 Å². The lowest BCUT2D eigenvalue weighted by atomic mass is 10.0. The third kappa shape index (κ3) is 3.53. The molecule has 2 N–H and O–H groups in total. The second-order valence-corrected chi connectivity index (χ2v) is 9.92. The number of likely N-dealkylation sites (tertiary alicyclic amines) is 1. The fourth-order valence-electron chi connectivity index (χ4n) is 6.42. The Kier molecular flexibility index (Phi) is 5.23. The van der Waals surface area contributed by atoms with Gasteiger partial charge in [0.15, 0.2) is 5.82 Å². The Morgan fingerprint density at radius 1 is 0.969 bits per heavy atom. The number of hydrogen-bond donors (Lipinski definition) is 2. The van der Waals surface area contributed by atoms with E-state index in [9.17, 15) is 4.79 Å². The summed E-state index contributed by atoms with van der Waals surface area (Å²) in [6, 6.07) is 2.76. The molecule has 2 aromatic rings. The minimum Gasteiger partial charge on any atom is -0.340 e. The van der Waals surface area contributed by atoms with Crippen molar-refractivity contribution >= 4 is 24.0 Å². The summed E-state index contributed by atoms with van der Waals surface area (Å²) in [5.41, 5.74) is 3.66. The van der Waals surface area contributed by atoms with Crippen molar-refractivity contribution in [3.63, 3.8) is 0 Å². The highest BCUT2D eigenvalue weighted by Crippen LogP contribution is 2.37. The topological polar surface area (TPSA) is 90.0 Å². The van der Waals surface area contributed by atoms with Crippen LogP contribution in [0.4, 0.5) is 17.6 Å². The summed E-state index contributed by atoms with van der Waals surface area (Å²) in [6.07, 6.45) is 13.7.